The average Bonchev–Trinajstić information content (AvgIpc) is 2.72. The van der Waals surface area contributed by atoms with Crippen LogP contribution in [0.5, 0.6) is 5.75 Å². The van der Waals surface area contributed by atoms with Crippen molar-refractivity contribution in [3.8, 4) is 5.75 Å². The van der Waals surface area contributed by atoms with Gasteiger partial charge in [0, 0.05) is 32.1 Å². The molecule has 0 atom stereocenters. The normalized spacial score (nSPS) is 14.7. The fourth-order valence-electron chi connectivity index (χ4n) is 3.55. The number of amides is 1. The number of piperidine rings is 1. The van der Waals surface area contributed by atoms with Crippen LogP contribution in [-0.4, -0.2) is 38.1 Å². The van der Waals surface area contributed by atoms with E-state index in [9.17, 15) is 14.9 Å². The minimum Gasteiger partial charge on any atom is -0.495 e. The Morgan fingerprint density at radius 1 is 1.15 bits per heavy atom. The Labute approximate surface area is 158 Å². The molecule has 0 radical (unpaired) electrons. The van der Waals surface area contributed by atoms with Crippen LogP contribution in [-0.2, 0) is 4.79 Å². The van der Waals surface area contributed by atoms with Gasteiger partial charge in [0.25, 0.3) is 5.69 Å². The number of methoxy groups -OCH3 is 1. The Bertz CT molecular complexity index is 831. The zero-order valence-electron chi connectivity index (χ0n) is 15.5. The molecule has 0 bridgehead atoms. The van der Waals surface area contributed by atoms with Gasteiger partial charge in [0.15, 0.2) is 0 Å². The van der Waals surface area contributed by atoms with Crippen molar-refractivity contribution in [3.05, 3.63) is 58.6 Å². The van der Waals surface area contributed by atoms with E-state index in [0.717, 1.165) is 5.69 Å². The minimum atomic E-state index is -0.359. The van der Waals surface area contributed by atoms with E-state index in [2.05, 4.69) is 0 Å². The lowest BCUT2D eigenvalue weighted by Gasteiger charge is -2.34. The van der Waals surface area contributed by atoms with E-state index in [1.807, 2.05) is 29.2 Å². The number of nitro benzene ring substituents is 1. The summed E-state index contributed by atoms with van der Waals surface area (Å²) in [7, 11) is 3.34. The second kappa shape index (κ2) is 8.07. The van der Waals surface area contributed by atoms with Crippen molar-refractivity contribution in [2.45, 2.75) is 12.8 Å². The first-order chi connectivity index (χ1) is 13.0. The molecule has 1 aliphatic heterocycles. The number of nitrogens with zero attached hydrogens (tertiary/aromatic N) is 3. The summed E-state index contributed by atoms with van der Waals surface area (Å²) in [5, 5.41) is 11.2. The van der Waals surface area contributed by atoms with Crippen LogP contribution in [0.1, 0.15) is 12.8 Å². The summed E-state index contributed by atoms with van der Waals surface area (Å²) in [6, 6.07) is 14.2. The second-order valence-corrected chi connectivity index (χ2v) is 6.58. The van der Waals surface area contributed by atoms with Crippen molar-refractivity contribution >= 4 is 23.0 Å². The first-order valence-electron chi connectivity index (χ1n) is 8.92. The van der Waals surface area contributed by atoms with E-state index in [1.165, 1.54) is 6.07 Å². The third-order valence-corrected chi connectivity index (χ3v) is 5.04. The fraction of sp³-hybridized carbons (Fsp3) is 0.350. The van der Waals surface area contributed by atoms with Crippen molar-refractivity contribution in [1.29, 1.82) is 0 Å². The lowest BCUT2D eigenvalue weighted by molar-refractivity contribution is -0.384. The molecule has 1 fully saturated rings. The maximum Gasteiger partial charge on any atom is 0.292 e. The number of benzene rings is 2. The number of anilines is 2. The van der Waals surface area contributed by atoms with Crippen molar-refractivity contribution < 1.29 is 14.5 Å². The highest BCUT2D eigenvalue weighted by molar-refractivity contribution is 5.96. The molecule has 1 saturated heterocycles. The highest BCUT2D eigenvalue weighted by Gasteiger charge is 2.30. The molecule has 1 amide bonds. The third-order valence-electron chi connectivity index (χ3n) is 5.04. The zero-order chi connectivity index (χ0) is 19.4. The van der Waals surface area contributed by atoms with Crippen LogP contribution in [0.15, 0.2) is 48.5 Å². The van der Waals surface area contributed by atoms with Gasteiger partial charge in [0.05, 0.1) is 17.7 Å². The van der Waals surface area contributed by atoms with Crippen molar-refractivity contribution in [3.63, 3.8) is 0 Å². The molecule has 2 aromatic carbocycles. The number of carbonyl (C=O) groups is 1. The van der Waals surface area contributed by atoms with E-state index in [-0.39, 0.29) is 22.4 Å². The van der Waals surface area contributed by atoms with E-state index in [1.54, 1.807) is 37.3 Å². The topological polar surface area (TPSA) is 75.9 Å². The lowest BCUT2D eigenvalue weighted by atomic mass is 9.94. The highest BCUT2D eigenvalue weighted by atomic mass is 16.6. The van der Waals surface area contributed by atoms with Gasteiger partial charge in [-0.1, -0.05) is 24.3 Å². The first kappa shape index (κ1) is 18.7. The van der Waals surface area contributed by atoms with Crippen molar-refractivity contribution in [2.75, 3.05) is 37.0 Å². The van der Waals surface area contributed by atoms with Gasteiger partial charge in [-0.15, -0.1) is 0 Å². The number of hydrogen-bond donors (Lipinski definition) is 0. The van der Waals surface area contributed by atoms with Gasteiger partial charge in [0.2, 0.25) is 5.91 Å². The van der Waals surface area contributed by atoms with Crippen LogP contribution in [0.2, 0.25) is 0 Å². The van der Waals surface area contributed by atoms with Gasteiger partial charge < -0.3 is 14.5 Å². The van der Waals surface area contributed by atoms with Crippen molar-refractivity contribution in [2.24, 2.45) is 5.92 Å². The Morgan fingerprint density at radius 2 is 1.78 bits per heavy atom. The number of para-hydroxylation sites is 4. The number of nitro groups is 1. The highest BCUT2D eigenvalue weighted by Crippen LogP contribution is 2.33. The molecule has 7 nitrogen and oxygen atoms in total. The summed E-state index contributed by atoms with van der Waals surface area (Å²) in [5.74, 6) is 0.589. The summed E-state index contributed by atoms with van der Waals surface area (Å²) < 4.78 is 5.35. The molecule has 0 N–H and O–H groups in total. The second-order valence-electron chi connectivity index (χ2n) is 6.58. The van der Waals surface area contributed by atoms with Gasteiger partial charge >= 0.3 is 0 Å². The third kappa shape index (κ3) is 3.86. The molecule has 142 valence electrons. The summed E-state index contributed by atoms with van der Waals surface area (Å²) in [5.41, 5.74) is 1.46. The Hall–Kier alpha value is -3.09. The average molecular weight is 369 g/mol. The molecule has 1 heterocycles. The van der Waals surface area contributed by atoms with E-state index >= 15 is 0 Å². The summed E-state index contributed by atoms with van der Waals surface area (Å²) in [4.78, 5) is 27.5. The van der Waals surface area contributed by atoms with E-state index in [0.29, 0.717) is 37.4 Å². The molecule has 0 saturated carbocycles. The molecule has 0 spiro atoms. The van der Waals surface area contributed by atoms with Crippen LogP contribution < -0.4 is 14.5 Å². The first-order valence-corrected chi connectivity index (χ1v) is 8.92. The van der Waals surface area contributed by atoms with Crippen LogP contribution in [0.25, 0.3) is 0 Å². The summed E-state index contributed by atoms with van der Waals surface area (Å²) in [6.45, 7) is 1.22. The number of rotatable bonds is 5. The minimum absolute atomic E-state index is 0.0433. The molecular formula is C20H23N3O4. The Balaban J connectivity index is 1.69. The number of hydrogen-bond acceptors (Lipinski definition) is 5. The maximum absolute atomic E-state index is 12.9. The van der Waals surface area contributed by atoms with Gasteiger partial charge in [-0.2, -0.15) is 0 Å². The van der Waals surface area contributed by atoms with Crippen LogP contribution in [0.3, 0.4) is 0 Å². The predicted molar refractivity (Wildman–Crippen MR) is 104 cm³/mol. The molecule has 7 heteroatoms. The molecule has 0 aromatic heterocycles. The summed E-state index contributed by atoms with van der Waals surface area (Å²) in [6.07, 6.45) is 1.31. The van der Waals surface area contributed by atoms with Gasteiger partial charge in [0.1, 0.15) is 11.4 Å². The van der Waals surface area contributed by atoms with Gasteiger partial charge in [-0.3, -0.25) is 14.9 Å². The number of carbonyl (C=O) groups excluding carboxylic acids is 1. The van der Waals surface area contributed by atoms with Gasteiger partial charge in [-0.25, -0.2) is 0 Å². The molecule has 0 aliphatic carbocycles. The van der Waals surface area contributed by atoms with Crippen LogP contribution in [0.4, 0.5) is 17.1 Å². The standard InChI is InChI=1S/C20H23N3O4/c1-21(18-9-5-6-10-19(18)27-2)20(24)15-11-13-22(14-12-15)16-7-3-4-8-17(16)23(25)26/h3-10,15H,11-14H2,1-2H3. The molecule has 1 aliphatic rings. The lowest BCUT2D eigenvalue weighted by Crippen LogP contribution is -2.41. The predicted octanol–water partition coefficient (Wildman–Crippen LogP) is 3.48. The monoisotopic (exact) mass is 369 g/mol. The van der Waals surface area contributed by atoms with Crippen molar-refractivity contribution in [1.82, 2.24) is 0 Å². The summed E-state index contributed by atoms with van der Waals surface area (Å²) >= 11 is 0. The van der Waals surface area contributed by atoms with Crippen LogP contribution in [0, 0.1) is 16.0 Å². The Morgan fingerprint density at radius 3 is 2.44 bits per heavy atom. The number of ether oxygens (including phenoxy) is 1. The smallest absolute Gasteiger partial charge is 0.292 e. The molecule has 0 unspecified atom stereocenters. The van der Waals surface area contributed by atoms with E-state index in [4.69, 9.17) is 4.74 Å². The quantitative estimate of drug-likeness (QED) is 0.596. The molecular weight excluding hydrogens is 346 g/mol. The Kier molecular flexibility index (Phi) is 5.59. The largest absolute Gasteiger partial charge is 0.495 e. The molecule has 3 rings (SSSR count). The van der Waals surface area contributed by atoms with E-state index < -0.39 is 0 Å². The molecule has 27 heavy (non-hydrogen) atoms. The SMILES string of the molecule is COc1ccccc1N(C)C(=O)C1CCN(c2ccccc2[N+](=O)[O-])CC1. The zero-order valence-corrected chi connectivity index (χ0v) is 15.5. The van der Waals surface area contributed by atoms with Crippen LogP contribution >= 0.6 is 0 Å². The van der Waals surface area contributed by atoms with Gasteiger partial charge in [-0.05, 0) is 31.0 Å². The maximum atomic E-state index is 12.9. The molecule has 2 aromatic rings. The fourth-order valence-corrected chi connectivity index (χ4v) is 3.55.